The Morgan fingerprint density at radius 2 is 1.57 bits per heavy atom. The molecule has 28 heavy (non-hydrogen) atoms. The lowest BCUT2D eigenvalue weighted by molar-refractivity contribution is -0.161. The molecule has 0 N–H and O–H groups in total. The Balaban J connectivity index is 2.16. The lowest BCUT2D eigenvalue weighted by Gasteiger charge is -2.25. The smallest absolute Gasteiger partial charge is 0.376 e. The first kappa shape index (κ1) is 19.5. The Labute approximate surface area is 159 Å². The van der Waals surface area contributed by atoms with E-state index in [0.717, 1.165) is 37.0 Å². The summed E-state index contributed by atoms with van der Waals surface area (Å²) in [6, 6.07) is 10.9. The SMILES string of the molecule is COC(=O)C1=C(C(=O)OC)C(c2c(F)cccc2F)N(Cc2ccccc2)O1. The zero-order chi connectivity index (χ0) is 20.3. The molecule has 0 radical (unpaired) electrons. The van der Waals surface area contributed by atoms with E-state index >= 15 is 0 Å². The van der Waals surface area contributed by atoms with Gasteiger partial charge in [-0.15, -0.1) is 5.06 Å². The molecule has 2 aromatic rings. The van der Waals surface area contributed by atoms with Crippen LogP contribution in [0.4, 0.5) is 8.78 Å². The van der Waals surface area contributed by atoms with Crippen molar-refractivity contribution in [3.05, 3.63) is 82.6 Å². The molecule has 0 bridgehead atoms. The van der Waals surface area contributed by atoms with Gasteiger partial charge in [0.25, 0.3) is 0 Å². The predicted octanol–water partition coefficient (Wildman–Crippen LogP) is 3.05. The predicted molar refractivity (Wildman–Crippen MR) is 93.2 cm³/mol. The van der Waals surface area contributed by atoms with Gasteiger partial charge in [-0.05, 0) is 17.7 Å². The molecule has 146 valence electrons. The third-order valence-corrected chi connectivity index (χ3v) is 4.25. The highest BCUT2D eigenvalue weighted by atomic mass is 19.1. The van der Waals surface area contributed by atoms with Crippen LogP contribution in [0, 0.1) is 11.6 Å². The summed E-state index contributed by atoms with van der Waals surface area (Å²) in [6.07, 6.45) is 0. The Kier molecular flexibility index (Phi) is 5.70. The summed E-state index contributed by atoms with van der Waals surface area (Å²) in [4.78, 5) is 30.1. The third-order valence-electron chi connectivity index (χ3n) is 4.25. The fraction of sp³-hybridized carbons (Fsp3) is 0.200. The van der Waals surface area contributed by atoms with Crippen molar-refractivity contribution in [1.82, 2.24) is 5.06 Å². The standard InChI is InChI=1S/C20H17F2NO5/c1-26-19(24)16-17(15-13(21)9-6-10-14(15)22)23(28-18(16)20(25)27-2)11-12-7-4-3-5-8-12/h3-10,17H,11H2,1-2H3. The molecule has 0 aromatic heterocycles. The van der Waals surface area contributed by atoms with Gasteiger partial charge in [0.15, 0.2) is 0 Å². The summed E-state index contributed by atoms with van der Waals surface area (Å²) in [5.41, 5.74) is -0.0356. The Morgan fingerprint density at radius 3 is 2.14 bits per heavy atom. The van der Waals surface area contributed by atoms with Crippen molar-refractivity contribution in [2.24, 2.45) is 0 Å². The first-order valence-corrected chi connectivity index (χ1v) is 8.31. The van der Waals surface area contributed by atoms with Crippen LogP contribution in [0.1, 0.15) is 17.2 Å². The van der Waals surface area contributed by atoms with Gasteiger partial charge in [0, 0.05) is 5.56 Å². The summed E-state index contributed by atoms with van der Waals surface area (Å²) in [5, 5.41) is 1.15. The van der Waals surface area contributed by atoms with E-state index < -0.39 is 40.9 Å². The quantitative estimate of drug-likeness (QED) is 0.733. The van der Waals surface area contributed by atoms with Crippen molar-refractivity contribution in [2.75, 3.05) is 14.2 Å². The summed E-state index contributed by atoms with van der Waals surface area (Å²) < 4.78 is 38.5. The minimum Gasteiger partial charge on any atom is -0.465 e. The number of hydroxylamine groups is 2. The van der Waals surface area contributed by atoms with Gasteiger partial charge in [-0.3, -0.25) is 0 Å². The van der Waals surface area contributed by atoms with Crippen molar-refractivity contribution in [3.63, 3.8) is 0 Å². The number of rotatable bonds is 5. The summed E-state index contributed by atoms with van der Waals surface area (Å²) >= 11 is 0. The monoisotopic (exact) mass is 389 g/mol. The fourth-order valence-electron chi connectivity index (χ4n) is 2.99. The average molecular weight is 389 g/mol. The van der Waals surface area contributed by atoms with Crippen LogP contribution in [-0.4, -0.2) is 31.2 Å². The molecule has 1 heterocycles. The number of esters is 2. The van der Waals surface area contributed by atoms with E-state index in [0.29, 0.717) is 0 Å². The Morgan fingerprint density at radius 1 is 0.964 bits per heavy atom. The molecule has 6 nitrogen and oxygen atoms in total. The van der Waals surface area contributed by atoms with Gasteiger partial charge in [-0.1, -0.05) is 36.4 Å². The number of nitrogens with zero attached hydrogens (tertiary/aromatic N) is 1. The highest BCUT2D eigenvalue weighted by Gasteiger charge is 2.46. The highest BCUT2D eigenvalue weighted by molar-refractivity contribution is 6.00. The number of carbonyl (C=O) groups is 2. The molecule has 3 rings (SSSR count). The Hall–Kier alpha value is -3.26. The van der Waals surface area contributed by atoms with E-state index in [9.17, 15) is 18.4 Å². The second kappa shape index (κ2) is 8.18. The minimum absolute atomic E-state index is 0.0419. The van der Waals surface area contributed by atoms with Crippen molar-refractivity contribution in [2.45, 2.75) is 12.6 Å². The number of carbonyl (C=O) groups excluding carboxylic acids is 2. The molecule has 0 fully saturated rings. The largest absolute Gasteiger partial charge is 0.465 e. The van der Waals surface area contributed by atoms with Crippen LogP contribution in [0.5, 0.6) is 0 Å². The minimum atomic E-state index is -1.34. The second-order valence-corrected chi connectivity index (χ2v) is 5.92. The molecule has 2 aromatic carbocycles. The maximum Gasteiger partial charge on any atom is 0.376 e. The molecule has 1 aliphatic rings. The lowest BCUT2D eigenvalue weighted by atomic mass is 9.96. The molecular formula is C20H17F2NO5. The van der Waals surface area contributed by atoms with Crippen LogP contribution in [-0.2, 0) is 30.4 Å². The van der Waals surface area contributed by atoms with Crippen molar-refractivity contribution < 1.29 is 32.7 Å². The topological polar surface area (TPSA) is 65.1 Å². The molecule has 1 aliphatic heterocycles. The van der Waals surface area contributed by atoms with Crippen LogP contribution in [0.3, 0.4) is 0 Å². The van der Waals surface area contributed by atoms with Crippen molar-refractivity contribution in [1.29, 1.82) is 0 Å². The highest BCUT2D eigenvalue weighted by Crippen LogP contribution is 2.42. The van der Waals surface area contributed by atoms with Crippen molar-refractivity contribution in [3.8, 4) is 0 Å². The number of halogens is 2. The fourth-order valence-corrected chi connectivity index (χ4v) is 2.99. The van der Waals surface area contributed by atoms with Gasteiger partial charge >= 0.3 is 11.9 Å². The van der Waals surface area contributed by atoms with E-state index in [1.54, 1.807) is 30.3 Å². The molecule has 1 atom stereocenters. The van der Waals surface area contributed by atoms with Gasteiger partial charge in [0.2, 0.25) is 5.76 Å². The number of hydrogen-bond donors (Lipinski definition) is 0. The zero-order valence-corrected chi connectivity index (χ0v) is 15.1. The van der Waals surface area contributed by atoms with Crippen LogP contribution < -0.4 is 0 Å². The van der Waals surface area contributed by atoms with Gasteiger partial charge in [-0.2, -0.15) is 0 Å². The molecule has 0 amide bonds. The normalized spacial score (nSPS) is 16.6. The maximum absolute atomic E-state index is 14.6. The van der Waals surface area contributed by atoms with Gasteiger partial charge in [-0.25, -0.2) is 18.4 Å². The lowest BCUT2D eigenvalue weighted by Crippen LogP contribution is -2.27. The van der Waals surface area contributed by atoms with E-state index in [2.05, 4.69) is 4.74 Å². The van der Waals surface area contributed by atoms with Crippen LogP contribution in [0.15, 0.2) is 59.9 Å². The van der Waals surface area contributed by atoms with E-state index in [-0.39, 0.29) is 12.1 Å². The van der Waals surface area contributed by atoms with Gasteiger partial charge in [0.05, 0.1) is 20.8 Å². The van der Waals surface area contributed by atoms with E-state index in [4.69, 9.17) is 9.57 Å². The van der Waals surface area contributed by atoms with Crippen molar-refractivity contribution >= 4 is 11.9 Å². The van der Waals surface area contributed by atoms with Crippen LogP contribution in [0.25, 0.3) is 0 Å². The molecule has 0 saturated heterocycles. The number of methoxy groups -OCH3 is 2. The van der Waals surface area contributed by atoms with E-state index in [1.165, 1.54) is 6.07 Å². The maximum atomic E-state index is 14.6. The molecule has 1 unspecified atom stereocenters. The molecule has 0 aliphatic carbocycles. The van der Waals surface area contributed by atoms with Crippen LogP contribution >= 0.6 is 0 Å². The molecule has 8 heteroatoms. The van der Waals surface area contributed by atoms with E-state index in [1.807, 2.05) is 0 Å². The van der Waals surface area contributed by atoms with Gasteiger partial charge < -0.3 is 14.3 Å². The molecule has 0 saturated carbocycles. The number of hydrogen-bond acceptors (Lipinski definition) is 6. The number of benzene rings is 2. The van der Waals surface area contributed by atoms with Crippen LogP contribution in [0.2, 0.25) is 0 Å². The summed E-state index contributed by atoms with van der Waals surface area (Å²) in [6.45, 7) is 0.0419. The first-order valence-electron chi connectivity index (χ1n) is 8.31. The summed E-state index contributed by atoms with van der Waals surface area (Å²) in [5.74, 6) is -4.17. The Bertz CT molecular complexity index is 909. The zero-order valence-electron chi connectivity index (χ0n) is 15.1. The number of ether oxygens (including phenoxy) is 2. The first-order chi connectivity index (χ1) is 13.5. The van der Waals surface area contributed by atoms with Gasteiger partial charge in [0.1, 0.15) is 23.2 Å². The third kappa shape index (κ3) is 3.59. The molecule has 0 spiro atoms. The summed E-state index contributed by atoms with van der Waals surface area (Å²) in [7, 11) is 2.20. The average Bonchev–Trinajstić information content (AvgIpc) is 3.06. The second-order valence-electron chi connectivity index (χ2n) is 5.92. The molecular weight excluding hydrogens is 372 g/mol.